The molecule has 0 spiro atoms. The molecule has 0 aliphatic rings. The highest BCUT2D eigenvalue weighted by Gasteiger charge is 2.13. The van der Waals surface area contributed by atoms with Gasteiger partial charge in [0.25, 0.3) is 0 Å². The van der Waals surface area contributed by atoms with Crippen molar-refractivity contribution in [2.24, 2.45) is 0 Å². The maximum absolute atomic E-state index is 4.57. The van der Waals surface area contributed by atoms with Crippen molar-refractivity contribution in [3.63, 3.8) is 0 Å². The number of fused-ring (bicyclic) bond motifs is 1. The summed E-state index contributed by atoms with van der Waals surface area (Å²) >= 11 is 0. The first-order valence-electron chi connectivity index (χ1n) is 9.38. The molecule has 134 valence electrons. The Kier molecular flexibility index (Phi) is 4.64. The molecule has 27 heavy (non-hydrogen) atoms. The molecule has 0 fully saturated rings. The van der Waals surface area contributed by atoms with E-state index >= 15 is 0 Å². The fraction of sp³-hybridized carbons (Fsp3) is 0.160. The zero-order valence-corrected chi connectivity index (χ0v) is 16.1. The van der Waals surface area contributed by atoms with E-state index in [2.05, 4.69) is 85.7 Å². The molecule has 1 N–H and O–H groups in total. The summed E-state index contributed by atoms with van der Waals surface area (Å²) in [5.41, 5.74) is 8.55. The van der Waals surface area contributed by atoms with Gasteiger partial charge in [-0.1, -0.05) is 54.6 Å². The van der Waals surface area contributed by atoms with Gasteiger partial charge < -0.3 is 5.32 Å². The van der Waals surface area contributed by atoms with E-state index < -0.39 is 0 Å². The lowest BCUT2D eigenvalue weighted by molar-refractivity contribution is 1.14. The van der Waals surface area contributed by atoms with Gasteiger partial charge in [0.15, 0.2) is 0 Å². The average molecular weight is 352 g/mol. The molecule has 4 rings (SSSR count). The number of benzene rings is 3. The second-order valence-electron chi connectivity index (χ2n) is 7.09. The van der Waals surface area contributed by atoms with Gasteiger partial charge in [0.1, 0.15) is 0 Å². The van der Waals surface area contributed by atoms with Crippen LogP contribution in [0.1, 0.15) is 22.3 Å². The number of hydrogen-bond acceptors (Lipinski definition) is 2. The van der Waals surface area contributed by atoms with E-state index in [4.69, 9.17) is 0 Å². The van der Waals surface area contributed by atoms with Crippen LogP contribution in [0.5, 0.6) is 0 Å². The summed E-state index contributed by atoms with van der Waals surface area (Å²) in [6, 6.07) is 23.4. The standard InChI is InChI=1S/C25H24N2/c1-17-15-18(2)25(19(3)24(17)23-13-6-7-14-26-23)27-16-21-11-8-10-20-9-4-5-12-22(20)21/h4-15,27H,16H2,1-3H3. The molecular weight excluding hydrogens is 328 g/mol. The molecule has 0 radical (unpaired) electrons. The molecule has 2 heteroatoms. The summed E-state index contributed by atoms with van der Waals surface area (Å²) in [5.74, 6) is 0. The third-order valence-electron chi connectivity index (χ3n) is 5.23. The minimum absolute atomic E-state index is 0.799. The van der Waals surface area contributed by atoms with E-state index in [1.165, 1.54) is 44.3 Å². The Morgan fingerprint density at radius 3 is 2.41 bits per heavy atom. The number of anilines is 1. The zero-order chi connectivity index (χ0) is 18.8. The second kappa shape index (κ2) is 7.24. The molecular formula is C25H24N2. The number of nitrogens with zero attached hydrogens (tertiary/aromatic N) is 1. The normalized spacial score (nSPS) is 10.9. The lowest BCUT2D eigenvalue weighted by atomic mass is 9.94. The summed E-state index contributed by atoms with van der Waals surface area (Å²) < 4.78 is 0. The quantitative estimate of drug-likeness (QED) is 0.457. The molecule has 0 amide bonds. The molecule has 0 saturated carbocycles. The fourth-order valence-electron chi connectivity index (χ4n) is 3.99. The zero-order valence-electron chi connectivity index (χ0n) is 16.1. The van der Waals surface area contributed by atoms with Gasteiger partial charge >= 0.3 is 0 Å². The SMILES string of the molecule is Cc1cc(C)c(-c2ccccn2)c(C)c1NCc1cccc2ccccc12. The molecule has 3 aromatic carbocycles. The van der Waals surface area contributed by atoms with Crippen LogP contribution in [0.4, 0.5) is 5.69 Å². The Morgan fingerprint density at radius 1 is 0.815 bits per heavy atom. The first-order chi connectivity index (χ1) is 13.1. The van der Waals surface area contributed by atoms with Crippen molar-refractivity contribution in [2.75, 3.05) is 5.32 Å². The topological polar surface area (TPSA) is 24.9 Å². The van der Waals surface area contributed by atoms with Crippen molar-refractivity contribution in [1.29, 1.82) is 0 Å². The van der Waals surface area contributed by atoms with Crippen LogP contribution in [-0.4, -0.2) is 4.98 Å². The van der Waals surface area contributed by atoms with Crippen LogP contribution in [0, 0.1) is 20.8 Å². The molecule has 0 bridgehead atoms. The summed E-state index contributed by atoms with van der Waals surface area (Å²) in [4.78, 5) is 4.57. The Morgan fingerprint density at radius 2 is 1.59 bits per heavy atom. The van der Waals surface area contributed by atoms with E-state index in [1.54, 1.807) is 0 Å². The first kappa shape index (κ1) is 17.3. The Balaban J connectivity index is 1.72. The molecule has 1 aromatic heterocycles. The average Bonchev–Trinajstić information content (AvgIpc) is 2.68. The number of pyridine rings is 1. The lowest BCUT2D eigenvalue weighted by Gasteiger charge is -2.19. The van der Waals surface area contributed by atoms with Crippen molar-refractivity contribution in [3.8, 4) is 11.3 Å². The smallest absolute Gasteiger partial charge is 0.0708 e. The Hall–Kier alpha value is -3.13. The van der Waals surface area contributed by atoms with Crippen LogP contribution < -0.4 is 5.32 Å². The van der Waals surface area contributed by atoms with Gasteiger partial charge in [-0.15, -0.1) is 0 Å². The van der Waals surface area contributed by atoms with Gasteiger partial charge in [0, 0.05) is 24.0 Å². The summed E-state index contributed by atoms with van der Waals surface area (Å²) in [6.45, 7) is 7.33. The molecule has 0 aliphatic heterocycles. The van der Waals surface area contributed by atoms with Crippen molar-refractivity contribution < 1.29 is 0 Å². The van der Waals surface area contributed by atoms with Gasteiger partial charge in [0.2, 0.25) is 0 Å². The van der Waals surface area contributed by atoms with Crippen molar-refractivity contribution in [2.45, 2.75) is 27.3 Å². The molecule has 1 heterocycles. The largest absolute Gasteiger partial charge is 0.380 e. The van der Waals surface area contributed by atoms with Gasteiger partial charge in [-0.3, -0.25) is 4.98 Å². The minimum atomic E-state index is 0.799. The fourth-order valence-corrected chi connectivity index (χ4v) is 3.99. The molecule has 0 unspecified atom stereocenters. The van der Waals surface area contributed by atoms with Crippen molar-refractivity contribution >= 4 is 16.5 Å². The number of hydrogen-bond donors (Lipinski definition) is 1. The van der Waals surface area contributed by atoms with Crippen LogP contribution in [-0.2, 0) is 6.54 Å². The predicted molar refractivity (Wildman–Crippen MR) is 115 cm³/mol. The van der Waals surface area contributed by atoms with Crippen LogP contribution >= 0.6 is 0 Å². The Labute approximate surface area is 160 Å². The maximum atomic E-state index is 4.57. The van der Waals surface area contributed by atoms with Gasteiger partial charge in [-0.25, -0.2) is 0 Å². The van der Waals surface area contributed by atoms with Crippen molar-refractivity contribution in [1.82, 2.24) is 4.98 Å². The third-order valence-corrected chi connectivity index (χ3v) is 5.23. The van der Waals surface area contributed by atoms with E-state index in [0.29, 0.717) is 0 Å². The van der Waals surface area contributed by atoms with Crippen molar-refractivity contribution in [3.05, 3.63) is 95.2 Å². The van der Waals surface area contributed by atoms with Crippen LogP contribution in [0.3, 0.4) is 0 Å². The minimum Gasteiger partial charge on any atom is -0.380 e. The molecule has 4 aromatic rings. The number of aromatic nitrogens is 1. The van der Waals surface area contributed by atoms with Crippen LogP contribution in [0.15, 0.2) is 72.9 Å². The monoisotopic (exact) mass is 352 g/mol. The lowest BCUT2D eigenvalue weighted by Crippen LogP contribution is -2.05. The van der Waals surface area contributed by atoms with Gasteiger partial charge in [-0.05, 0) is 65.9 Å². The van der Waals surface area contributed by atoms with E-state index in [9.17, 15) is 0 Å². The first-order valence-corrected chi connectivity index (χ1v) is 9.38. The highest BCUT2D eigenvalue weighted by molar-refractivity contribution is 5.86. The highest BCUT2D eigenvalue weighted by atomic mass is 14.9. The number of nitrogens with one attached hydrogen (secondary N) is 1. The summed E-state index contributed by atoms with van der Waals surface area (Å²) in [7, 11) is 0. The van der Waals surface area contributed by atoms with Gasteiger partial charge in [0.05, 0.1) is 5.69 Å². The summed E-state index contributed by atoms with van der Waals surface area (Å²) in [5, 5.41) is 6.29. The van der Waals surface area contributed by atoms with E-state index in [1.807, 2.05) is 18.3 Å². The molecule has 0 saturated heterocycles. The molecule has 0 aliphatic carbocycles. The predicted octanol–water partition coefficient (Wildman–Crippen LogP) is 6.44. The maximum Gasteiger partial charge on any atom is 0.0708 e. The molecule has 2 nitrogen and oxygen atoms in total. The van der Waals surface area contributed by atoms with Gasteiger partial charge in [-0.2, -0.15) is 0 Å². The second-order valence-corrected chi connectivity index (χ2v) is 7.09. The van der Waals surface area contributed by atoms with E-state index in [0.717, 1.165) is 12.2 Å². The highest BCUT2D eigenvalue weighted by Crippen LogP contribution is 2.34. The van der Waals surface area contributed by atoms with Crippen LogP contribution in [0.25, 0.3) is 22.0 Å². The van der Waals surface area contributed by atoms with E-state index in [-0.39, 0.29) is 0 Å². The third kappa shape index (κ3) is 3.31. The Bertz CT molecular complexity index is 1090. The van der Waals surface area contributed by atoms with Crippen LogP contribution in [0.2, 0.25) is 0 Å². The molecule has 0 atom stereocenters. The number of rotatable bonds is 4. The summed E-state index contributed by atoms with van der Waals surface area (Å²) in [6.07, 6.45) is 1.86. The number of aryl methyl sites for hydroxylation is 2.